The molecule has 1 rings (SSSR count). The molecule has 1 heterocycles. The molecule has 58 valence electrons. The Morgan fingerprint density at radius 1 is 1.82 bits per heavy atom. The Hall–Kier alpha value is -0.680. The lowest BCUT2D eigenvalue weighted by atomic mass is 10.4. The van der Waals surface area contributed by atoms with E-state index >= 15 is 0 Å². The van der Waals surface area contributed by atoms with Gasteiger partial charge in [0.2, 0.25) is 0 Å². The fourth-order valence-corrected chi connectivity index (χ4v) is 1.49. The van der Waals surface area contributed by atoms with E-state index in [1.807, 2.05) is 0 Å². The minimum atomic E-state index is -0.964. The fraction of sp³-hybridized carbons (Fsp3) is 0. The van der Waals surface area contributed by atoms with Gasteiger partial charge in [0, 0.05) is 11.5 Å². The number of carboxylic acids is 1. The molecule has 1 aromatic heterocycles. The topological polar surface area (TPSA) is 50.2 Å². The van der Waals surface area contributed by atoms with Crippen molar-refractivity contribution in [2.24, 2.45) is 0 Å². The van der Waals surface area contributed by atoms with Crippen LogP contribution >= 0.6 is 27.3 Å². The van der Waals surface area contributed by atoms with Crippen LogP contribution in [-0.2, 0) is 4.79 Å². The second-order valence-corrected chi connectivity index (χ2v) is 3.83. The smallest absolute Gasteiger partial charge is 0.328 e. The third-order valence-electron chi connectivity index (χ3n) is 0.891. The highest BCUT2D eigenvalue weighted by Gasteiger charge is 1.94. The Morgan fingerprint density at radius 3 is 3.00 bits per heavy atom. The molecule has 0 atom stereocenters. The zero-order valence-corrected chi connectivity index (χ0v) is 7.72. The molecule has 0 amide bonds. The molecule has 0 radical (unpaired) electrons. The normalized spacial score (nSPS) is 10.6. The van der Waals surface area contributed by atoms with Crippen molar-refractivity contribution in [1.82, 2.24) is 4.98 Å². The minimum Gasteiger partial charge on any atom is -0.478 e. The second kappa shape index (κ2) is 3.64. The molecule has 0 spiro atoms. The average Bonchev–Trinajstić information content (AvgIpc) is 2.31. The summed E-state index contributed by atoms with van der Waals surface area (Å²) < 4.78 is 0.752. The molecule has 1 aromatic rings. The van der Waals surface area contributed by atoms with Gasteiger partial charge in [-0.2, -0.15) is 0 Å². The molecule has 3 nitrogen and oxygen atoms in total. The summed E-state index contributed by atoms with van der Waals surface area (Å²) in [5, 5.41) is 10.0. The summed E-state index contributed by atoms with van der Waals surface area (Å²) in [5.41, 5.74) is 0.657. The van der Waals surface area contributed by atoms with Crippen molar-refractivity contribution in [3.63, 3.8) is 0 Å². The Balaban J connectivity index is 2.71. The van der Waals surface area contributed by atoms with E-state index in [2.05, 4.69) is 20.9 Å². The summed E-state index contributed by atoms with van der Waals surface area (Å²) in [6, 6.07) is 0. The summed E-state index contributed by atoms with van der Waals surface area (Å²) in [7, 11) is 0. The number of carbonyl (C=O) groups is 1. The van der Waals surface area contributed by atoms with Crippen molar-refractivity contribution in [2.75, 3.05) is 0 Å². The number of carboxylic acid groups (broad SMARTS) is 1. The first-order chi connectivity index (χ1) is 5.18. The first kappa shape index (κ1) is 8.42. The number of hydrogen-bond donors (Lipinski definition) is 1. The van der Waals surface area contributed by atoms with Gasteiger partial charge in [-0.15, -0.1) is 11.3 Å². The van der Waals surface area contributed by atoms with Gasteiger partial charge in [0.1, 0.15) is 0 Å². The molecule has 0 fully saturated rings. The summed E-state index contributed by atoms with van der Waals surface area (Å²) in [5.74, 6) is -0.964. The Bertz CT molecular complexity index is 295. The van der Waals surface area contributed by atoms with Crippen LogP contribution in [0.3, 0.4) is 0 Å². The molecule has 1 N–H and O–H groups in total. The third kappa shape index (κ3) is 2.81. The van der Waals surface area contributed by atoms with Crippen LogP contribution in [0, 0.1) is 0 Å². The van der Waals surface area contributed by atoms with Gasteiger partial charge in [-0.1, -0.05) is 0 Å². The zero-order valence-electron chi connectivity index (χ0n) is 5.32. The molecule has 11 heavy (non-hydrogen) atoms. The molecular formula is C6H4BrNO2S. The maximum atomic E-state index is 10.1. The fourth-order valence-electron chi connectivity index (χ4n) is 0.496. The molecule has 0 aromatic carbocycles. The first-order valence-corrected chi connectivity index (χ1v) is 4.38. The average molecular weight is 234 g/mol. The van der Waals surface area contributed by atoms with Crippen LogP contribution in [0.15, 0.2) is 15.4 Å². The maximum Gasteiger partial charge on any atom is 0.328 e. The Labute approximate surface area is 75.5 Å². The monoisotopic (exact) mass is 233 g/mol. The van der Waals surface area contributed by atoms with E-state index in [4.69, 9.17) is 5.11 Å². The number of hydrogen-bond acceptors (Lipinski definition) is 3. The van der Waals surface area contributed by atoms with Crippen LogP contribution in [0.25, 0.3) is 6.08 Å². The van der Waals surface area contributed by atoms with Crippen LogP contribution in [0.1, 0.15) is 5.69 Å². The molecule has 0 bridgehead atoms. The lowest BCUT2D eigenvalue weighted by Crippen LogP contribution is -1.85. The van der Waals surface area contributed by atoms with Gasteiger partial charge in [0.15, 0.2) is 3.92 Å². The number of rotatable bonds is 2. The largest absolute Gasteiger partial charge is 0.478 e. The van der Waals surface area contributed by atoms with Crippen molar-refractivity contribution >= 4 is 39.3 Å². The number of thiazole rings is 1. The summed E-state index contributed by atoms with van der Waals surface area (Å²) in [6.45, 7) is 0. The molecule has 0 unspecified atom stereocenters. The van der Waals surface area contributed by atoms with Crippen molar-refractivity contribution in [3.8, 4) is 0 Å². The molecule has 0 saturated carbocycles. The Morgan fingerprint density at radius 2 is 2.55 bits per heavy atom. The minimum absolute atomic E-state index is 0.657. The molecule has 0 saturated heterocycles. The van der Waals surface area contributed by atoms with E-state index in [1.54, 1.807) is 5.38 Å². The van der Waals surface area contributed by atoms with Gasteiger partial charge in [0.05, 0.1) is 5.69 Å². The zero-order chi connectivity index (χ0) is 8.27. The highest BCUT2D eigenvalue weighted by molar-refractivity contribution is 9.11. The second-order valence-electron chi connectivity index (χ2n) is 1.70. The predicted molar refractivity (Wildman–Crippen MR) is 46.5 cm³/mol. The standard InChI is InChI=1S/C6H4BrNO2S/c7-6-8-4(3-11-6)1-2-5(9)10/h1-3H,(H,9,10)/b2-1+. The van der Waals surface area contributed by atoms with Crippen LogP contribution in [0.5, 0.6) is 0 Å². The van der Waals surface area contributed by atoms with Gasteiger partial charge in [-0.05, 0) is 22.0 Å². The van der Waals surface area contributed by atoms with Gasteiger partial charge in [-0.3, -0.25) is 0 Å². The quantitative estimate of drug-likeness (QED) is 0.796. The van der Waals surface area contributed by atoms with E-state index < -0.39 is 5.97 Å². The van der Waals surface area contributed by atoms with E-state index in [9.17, 15) is 4.79 Å². The van der Waals surface area contributed by atoms with Crippen molar-refractivity contribution < 1.29 is 9.90 Å². The van der Waals surface area contributed by atoms with Crippen molar-refractivity contribution in [1.29, 1.82) is 0 Å². The highest BCUT2D eigenvalue weighted by atomic mass is 79.9. The number of nitrogens with zero attached hydrogens (tertiary/aromatic N) is 1. The molecule has 0 aliphatic rings. The lowest BCUT2D eigenvalue weighted by Gasteiger charge is -1.78. The number of aliphatic carboxylic acids is 1. The van der Waals surface area contributed by atoms with E-state index in [-0.39, 0.29) is 0 Å². The van der Waals surface area contributed by atoms with Gasteiger partial charge >= 0.3 is 5.97 Å². The van der Waals surface area contributed by atoms with Crippen LogP contribution in [-0.4, -0.2) is 16.1 Å². The van der Waals surface area contributed by atoms with E-state index in [0.29, 0.717) is 5.69 Å². The molecule has 0 aliphatic carbocycles. The van der Waals surface area contributed by atoms with Crippen LogP contribution in [0.4, 0.5) is 0 Å². The van der Waals surface area contributed by atoms with Gasteiger partial charge in [-0.25, -0.2) is 9.78 Å². The highest BCUT2D eigenvalue weighted by Crippen LogP contribution is 2.16. The molecule has 5 heteroatoms. The summed E-state index contributed by atoms with van der Waals surface area (Å²) in [6.07, 6.45) is 2.51. The summed E-state index contributed by atoms with van der Waals surface area (Å²) >= 11 is 4.58. The van der Waals surface area contributed by atoms with Gasteiger partial charge < -0.3 is 5.11 Å². The number of aromatic nitrogens is 1. The van der Waals surface area contributed by atoms with Crippen molar-refractivity contribution in [3.05, 3.63) is 21.1 Å². The number of halogens is 1. The predicted octanol–water partition coefficient (Wildman–Crippen LogP) is 2.00. The van der Waals surface area contributed by atoms with Crippen LogP contribution < -0.4 is 0 Å². The molecule has 0 aliphatic heterocycles. The van der Waals surface area contributed by atoms with E-state index in [1.165, 1.54) is 17.4 Å². The lowest BCUT2D eigenvalue weighted by molar-refractivity contribution is -0.131. The van der Waals surface area contributed by atoms with E-state index in [0.717, 1.165) is 9.99 Å². The SMILES string of the molecule is O=C(O)/C=C/c1csc(Br)n1. The van der Waals surface area contributed by atoms with Crippen LogP contribution in [0.2, 0.25) is 0 Å². The van der Waals surface area contributed by atoms with Gasteiger partial charge in [0.25, 0.3) is 0 Å². The Kier molecular flexibility index (Phi) is 2.78. The summed E-state index contributed by atoms with van der Waals surface area (Å²) in [4.78, 5) is 14.0. The first-order valence-electron chi connectivity index (χ1n) is 2.70. The maximum absolute atomic E-state index is 10.1. The third-order valence-corrected chi connectivity index (χ3v) is 2.27. The molecular weight excluding hydrogens is 230 g/mol. The van der Waals surface area contributed by atoms with Crippen molar-refractivity contribution in [2.45, 2.75) is 0 Å².